The molecule has 4 aromatic heterocycles. The lowest BCUT2D eigenvalue weighted by molar-refractivity contribution is 0.107. The molecule has 0 amide bonds. The van der Waals surface area contributed by atoms with Crippen molar-refractivity contribution in [2.45, 2.75) is 135 Å². The third kappa shape index (κ3) is 10.8. The van der Waals surface area contributed by atoms with E-state index in [1.165, 1.54) is 27.9 Å². The molecule has 48 heavy (non-hydrogen) atoms. The Balaban J connectivity index is 0.000000646. The van der Waals surface area contributed by atoms with Gasteiger partial charge in [0.2, 0.25) is 0 Å². The molecule has 0 radical (unpaired) electrons. The molecule has 0 bridgehead atoms. The number of aromatic nitrogens is 6. The number of nitrogens with zero attached hydrogens (tertiary/aromatic N) is 6. The van der Waals surface area contributed by atoms with E-state index < -0.39 is 0 Å². The van der Waals surface area contributed by atoms with Crippen LogP contribution in [-0.2, 0) is 44.8 Å². The van der Waals surface area contributed by atoms with Gasteiger partial charge in [-0.25, -0.2) is 14.8 Å². The van der Waals surface area contributed by atoms with Crippen molar-refractivity contribution >= 4 is 11.2 Å². The molecule has 0 fully saturated rings. The van der Waals surface area contributed by atoms with Crippen LogP contribution in [0.2, 0.25) is 0 Å². The third-order valence-electron chi connectivity index (χ3n) is 7.96. The highest BCUT2D eigenvalue weighted by molar-refractivity contribution is 5.74. The van der Waals surface area contributed by atoms with Gasteiger partial charge in [-0.05, 0) is 78.5 Å². The van der Waals surface area contributed by atoms with Crippen molar-refractivity contribution in [1.82, 2.24) is 34.4 Å². The number of nitrogens with one attached hydrogen (secondary N) is 1. The van der Waals surface area contributed by atoms with Crippen molar-refractivity contribution in [3.8, 4) is 0 Å². The minimum absolute atomic E-state index is 0. The second-order valence-electron chi connectivity index (χ2n) is 12.1. The summed E-state index contributed by atoms with van der Waals surface area (Å²) in [5, 5.41) is 3.34. The molecule has 270 valence electrons. The van der Waals surface area contributed by atoms with Gasteiger partial charge >= 0.3 is 5.69 Å². The van der Waals surface area contributed by atoms with E-state index in [2.05, 4.69) is 78.9 Å². The maximum Gasteiger partial charge on any atom is 0.329 e. The Kier molecular flexibility index (Phi) is 20.0. The summed E-state index contributed by atoms with van der Waals surface area (Å²) in [6, 6.07) is 4.30. The summed E-state index contributed by atoms with van der Waals surface area (Å²) in [6.07, 6.45) is 5.98. The lowest BCUT2D eigenvalue weighted by Crippen LogP contribution is -2.25. The fourth-order valence-electron chi connectivity index (χ4n) is 5.75. The average Bonchev–Trinajstić information content (AvgIpc) is 3.29. The van der Waals surface area contributed by atoms with Gasteiger partial charge in [-0.1, -0.05) is 84.1 Å². The first-order valence-electron chi connectivity index (χ1n) is 17.1. The van der Waals surface area contributed by atoms with Crippen molar-refractivity contribution in [3.63, 3.8) is 0 Å². The van der Waals surface area contributed by atoms with Crippen LogP contribution in [0.4, 0.5) is 0 Å². The van der Waals surface area contributed by atoms with Gasteiger partial charge in [0.1, 0.15) is 11.3 Å². The van der Waals surface area contributed by atoms with E-state index in [1.54, 1.807) is 23.2 Å². The van der Waals surface area contributed by atoms with Crippen LogP contribution in [0.5, 0.6) is 0 Å². The molecule has 0 atom stereocenters. The van der Waals surface area contributed by atoms with Crippen LogP contribution in [-0.4, -0.2) is 42.2 Å². The van der Waals surface area contributed by atoms with Crippen molar-refractivity contribution in [2.75, 3.05) is 13.2 Å². The number of aryl methyl sites for hydroxylation is 3. The van der Waals surface area contributed by atoms with Crippen LogP contribution >= 0.6 is 0 Å². The number of fused-ring (bicyclic) bond motifs is 3. The Hall–Kier alpha value is -3.43. The number of ether oxygens (including phenoxy) is 1. The van der Waals surface area contributed by atoms with Crippen LogP contribution in [0.25, 0.3) is 11.2 Å². The number of rotatable bonds is 3. The van der Waals surface area contributed by atoms with Crippen LogP contribution in [0.15, 0.2) is 29.3 Å². The zero-order valence-corrected chi connectivity index (χ0v) is 30.8. The highest BCUT2D eigenvalue weighted by atomic mass is 16.5. The van der Waals surface area contributed by atoms with Gasteiger partial charge in [0.25, 0.3) is 0 Å². The fourth-order valence-corrected chi connectivity index (χ4v) is 5.75. The molecular formula is C39H67N7O2. The summed E-state index contributed by atoms with van der Waals surface area (Å²) in [6.45, 7) is 26.5. The first kappa shape index (κ1) is 44.6. The summed E-state index contributed by atoms with van der Waals surface area (Å²) in [5.74, 6) is 2.19. The standard InChI is InChI=1S/C11H16N4O.C11H16N2.C11H15NO.2C2H6.2CH4/c1-6(2)8-9-10(13-7(3)12-8)15(5)11(16)14(9)4;1-8(2)9-4-6-13-11-7-12-5-3-10(9)11;1-8(2)9-3-5-12-11-7-13-6-4-10(9)11;2*1-2;;/h6H,1-5H3;4,6,8,12H,3,5,7H2,1-2H3;3,5,8H,4,6-7H2,1-2H3;2*1-2H3;2*1H4. The highest BCUT2D eigenvalue weighted by Crippen LogP contribution is 2.25. The van der Waals surface area contributed by atoms with Crippen LogP contribution in [0, 0.1) is 6.92 Å². The van der Waals surface area contributed by atoms with Crippen molar-refractivity contribution in [1.29, 1.82) is 0 Å². The van der Waals surface area contributed by atoms with E-state index >= 15 is 0 Å². The van der Waals surface area contributed by atoms with Crippen molar-refractivity contribution in [2.24, 2.45) is 14.1 Å². The molecule has 0 saturated heterocycles. The Morgan fingerprint density at radius 2 is 1.31 bits per heavy atom. The van der Waals surface area contributed by atoms with Crippen molar-refractivity contribution < 1.29 is 4.74 Å². The minimum atomic E-state index is -0.0585. The molecular weight excluding hydrogens is 598 g/mol. The van der Waals surface area contributed by atoms with E-state index in [1.807, 2.05) is 47.0 Å². The summed E-state index contributed by atoms with van der Waals surface area (Å²) < 4.78 is 8.55. The fraction of sp³-hybridized carbons (Fsp3) is 0.615. The number of hydrogen-bond acceptors (Lipinski definition) is 7. The van der Waals surface area contributed by atoms with E-state index in [0.29, 0.717) is 29.9 Å². The second kappa shape index (κ2) is 21.5. The average molecular weight is 666 g/mol. The van der Waals surface area contributed by atoms with E-state index in [9.17, 15) is 4.79 Å². The molecule has 1 N–H and O–H groups in total. The normalized spacial score (nSPS) is 12.8. The lowest BCUT2D eigenvalue weighted by atomic mass is 9.93. The highest BCUT2D eigenvalue weighted by Gasteiger charge is 2.18. The molecule has 6 heterocycles. The van der Waals surface area contributed by atoms with Crippen LogP contribution < -0.4 is 11.0 Å². The zero-order valence-electron chi connectivity index (χ0n) is 30.8. The summed E-state index contributed by atoms with van der Waals surface area (Å²) >= 11 is 0. The second-order valence-corrected chi connectivity index (χ2v) is 12.1. The van der Waals surface area contributed by atoms with Crippen LogP contribution in [0.3, 0.4) is 0 Å². The van der Waals surface area contributed by atoms with Gasteiger partial charge in [0, 0.05) is 33.0 Å². The Labute approximate surface area is 292 Å². The minimum Gasteiger partial charge on any atom is -0.375 e. The van der Waals surface area contributed by atoms with Gasteiger partial charge in [0.05, 0.1) is 30.3 Å². The third-order valence-corrected chi connectivity index (χ3v) is 7.96. The molecule has 6 rings (SSSR count). The predicted molar refractivity (Wildman–Crippen MR) is 204 cm³/mol. The Morgan fingerprint density at radius 3 is 1.85 bits per heavy atom. The lowest BCUT2D eigenvalue weighted by Gasteiger charge is -2.20. The first-order valence-corrected chi connectivity index (χ1v) is 17.1. The van der Waals surface area contributed by atoms with Gasteiger partial charge in [-0.2, -0.15) is 0 Å². The molecule has 0 aromatic carbocycles. The monoisotopic (exact) mass is 666 g/mol. The largest absolute Gasteiger partial charge is 0.375 e. The summed E-state index contributed by atoms with van der Waals surface area (Å²) in [5.41, 5.74) is 10.6. The molecule has 9 heteroatoms. The van der Waals surface area contributed by atoms with Gasteiger partial charge in [-0.15, -0.1) is 0 Å². The molecule has 2 aliphatic rings. The number of pyridine rings is 2. The van der Waals surface area contributed by atoms with Crippen LogP contribution in [0.1, 0.15) is 147 Å². The quantitative estimate of drug-likeness (QED) is 0.234. The Morgan fingerprint density at radius 1 is 0.771 bits per heavy atom. The number of imidazole rings is 1. The van der Waals surface area contributed by atoms with Gasteiger partial charge in [0.15, 0.2) is 5.65 Å². The molecule has 0 aliphatic carbocycles. The topological polar surface area (TPSA) is 99.8 Å². The SMILES string of the molecule is C.C.CC.CC.CC(C)c1ccnc2c1CCNC2.CC(C)c1ccnc2c1CCOC2.Cc1nc(C(C)C)c2c(n1)n(C)c(=O)n2C. The predicted octanol–water partition coefficient (Wildman–Crippen LogP) is 8.55. The molecule has 4 aromatic rings. The smallest absolute Gasteiger partial charge is 0.329 e. The van der Waals surface area contributed by atoms with Crippen molar-refractivity contribution in [3.05, 3.63) is 80.2 Å². The Bertz CT molecular complexity index is 1520. The zero-order chi connectivity index (χ0) is 34.6. The number of hydrogen-bond donors (Lipinski definition) is 1. The first-order chi connectivity index (χ1) is 22.0. The van der Waals surface area contributed by atoms with Gasteiger partial charge in [-0.3, -0.25) is 19.1 Å². The maximum atomic E-state index is 11.8. The molecule has 0 saturated carbocycles. The van der Waals surface area contributed by atoms with E-state index in [-0.39, 0.29) is 26.5 Å². The maximum absolute atomic E-state index is 11.8. The summed E-state index contributed by atoms with van der Waals surface area (Å²) in [4.78, 5) is 29.3. The summed E-state index contributed by atoms with van der Waals surface area (Å²) in [7, 11) is 3.50. The molecule has 9 nitrogen and oxygen atoms in total. The van der Waals surface area contributed by atoms with E-state index in [0.717, 1.165) is 49.4 Å². The van der Waals surface area contributed by atoms with Gasteiger partial charge < -0.3 is 10.1 Å². The molecule has 0 unspecified atom stereocenters. The van der Waals surface area contributed by atoms with E-state index in [4.69, 9.17) is 4.74 Å². The molecule has 2 aliphatic heterocycles. The molecule has 0 spiro atoms.